The molecule has 0 aromatic heterocycles. The number of allylic oxidation sites excluding steroid dienone is 1. The highest BCUT2D eigenvalue weighted by molar-refractivity contribution is 6.14. The summed E-state index contributed by atoms with van der Waals surface area (Å²) in [6, 6.07) is 24.7. The number of rotatable bonds is 5. The molecule has 1 atom stereocenters. The largest absolute Gasteiger partial charge is 0.497 e. The van der Waals surface area contributed by atoms with E-state index in [1.54, 1.807) is 18.1 Å². The Morgan fingerprint density at radius 3 is 2.31 bits per heavy atom. The van der Waals surface area contributed by atoms with Crippen LogP contribution in [0.15, 0.2) is 84.9 Å². The number of hydrogen-bond donors (Lipinski definition) is 1. The number of anilines is 1. The van der Waals surface area contributed by atoms with Crippen LogP contribution in [-0.4, -0.2) is 18.1 Å². The molecule has 4 heteroatoms. The molecule has 4 nitrogen and oxygen atoms in total. The maximum Gasteiger partial charge on any atom is 0.268 e. The third-order valence-electron chi connectivity index (χ3n) is 5.39. The highest BCUT2D eigenvalue weighted by Gasteiger charge is 2.52. The number of benzene rings is 3. The lowest BCUT2D eigenvalue weighted by atomic mass is 9.83. The molecule has 1 unspecified atom stereocenters. The third-order valence-corrected chi connectivity index (χ3v) is 5.39. The van der Waals surface area contributed by atoms with Gasteiger partial charge in [-0.15, -0.1) is 0 Å². The minimum absolute atomic E-state index is 0.360. The number of carbonyl (C=O) groups excluding carboxylic acids is 1. The normalized spacial score (nSPS) is 18.7. The van der Waals surface area contributed by atoms with Crippen LogP contribution in [0.1, 0.15) is 23.6 Å². The molecule has 4 rings (SSSR count). The second kappa shape index (κ2) is 7.57. The molecule has 1 aliphatic rings. The summed E-state index contributed by atoms with van der Waals surface area (Å²) >= 11 is 0. The number of hydrogen-bond acceptors (Lipinski definition) is 3. The van der Waals surface area contributed by atoms with Crippen molar-refractivity contribution in [3.05, 3.63) is 102 Å². The van der Waals surface area contributed by atoms with Crippen molar-refractivity contribution in [3.8, 4) is 5.75 Å². The Morgan fingerprint density at radius 2 is 1.69 bits per heavy atom. The number of methoxy groups -OCH3 is 1. The van der Waals surface area contributed by atoms with E-state index in [0.717, 1.165) is 11.1 Å². The Balaban J connectivity index is 1.87. The highest BCUT2D eigenvalue weighted by Crippen LogP contribution is 2.49. The van der Waals surface area contributed by atoms with Gasteiger partial charge < -0.3 is 14.7 Å². The van der Waals surface area contributed by atoms with Crippen LogP contribution in [0.2, 0.25) is 0 Å². The maximum atomic E-state index is 13.7. The summed E-state index contributed by atoms with van der Waals surface area (Å²) in [5.74, 6) is 0.238. The van der Waals surface area contributed by atoms with E-state index in [1.807, 2.05) is 85.8 Å². The molecule has 0 radical (unpaired) electrons. The summed E-state index contributed by atoms with van der Waals surface area (Å²) in [6.07, 6.45) is 1.81. The number of aliphatic hydroxyl groups is 1. The molecule has 1 heterocycles. The zero-order valence-corrected chi connectivity index (χ0v) is 16.5. The van der Waals surface area contributed by atoms with Crippen molar-refractivity contribution >= 4 is 17.2 Å². The molecule has 0 fully saturated rings. The fraction of sp³-hybridized carbons (Fsp3) is 0.160. The Labute approximate surface area is 170 Å². The van der Waals surface area contributed by atoms with E-state index >= 15 is 0 Å². The van der Waals surface area contributed by atoms with Gasteiger partial charge in [0.1, 0.15) is 5.75 Å². The second-order valence-electron chi connectivity index (χ2n) is 7.04. The van der Waals surface area contributed by atoms with Crippen molar-refractivity contribution in [3.63, 3.8) is 0 Å². The molecule has 0 aliphatic carbocycles. The topological polar surface area (TPSA) is 49.8 Å². The van der Waals surface area contributed by atoms with Crippen LogP contribution < -0.4 is 9.64 Å². The Morgan fingerprint density at radius 1 is 1.03 bits per heavy atom. The monoisotopic (exact) mass is 385 g/mol. The van der Waals surface area contributed by atoms with E-state index in [1.165, 1.54) is 0 Å². The molecule has 1 amide bonds. The third kappa shape index (κ3) is 3.12. The molecule has 1 N–H and O–H groups in total. The van der Waals surface area contributed by atoms with Crippen molar-refractivity contribution < 1.29 is 14.6 Å². The van der Waals surface area contributed by atoms with Crippen molar-refractivity contribution in [1.29, 1.82) is 0 Å². The van der Waals surface area contributed by atoms with Gasteiger partial charge in [-0.05, 0) is 36.2 Å². The molecule has 3 aromatic rings. The first kappa shape index (κ1) is 19.0. The lowest BCUT2D eigenvalue weighted by molar-refractivity contribution is -0.130. The van der Waals surface area contributed by atoms with Crippen LogP contribution in [0.25, 0.3) is 5.57 Å². The first-order valence-electron chi connectivity index (χ1n) is 9.58. The number of fused-ring (bicyclic) bond motifs is 1. The molecule has 0 saturated carbocycles. The minimum atomic E-state index is -1.78. The zero-order valence-electron chi connectivity index (χ0n) is 16.5. The standard InChI is InChI=1S/C25H23NO3/c1-3-21(19-12-8-5-9-13-19)25(28)22-16-20(29-2)14-15-23(22)26(24(25)27)17-18-10-6-4-7-11-18/h3-16,28H,17H2,1-2H3/b21-3+. The van der Waals surface area contributed by atoms with Crippen LogP contribution in [0.5, 0.6) is 5.75 Å². The predicted octanol–water partition coefficient (Wildman–Crippen LogP) is 4.53. The fourth-order valence-corrected chi connectivity index (χ4v) is 3.97. The van der Waals surface area contributed by atoms with Crippen LogP contribution in [0, 0.1) is 0 Å². The van der Waals surface area contributed by atoms with Gasteiger partial charge in [-0.2, -0.15) is 0 Å². The molecular weight excluding hydrogens is 362 g/mol. The average Bonchev–Trinajstić information content (AvgIpc) is 2.97. The van der Waals surface area contributed by atoms with E-state index in [9.17, 15) is 9.90 Å². The average molecular weight is 385 g/mol. The molecule has 1 aliphatic heterocycles. The fourth-order valence-electron chi connectivity index (χ4n) is 3.97. The number of ether oxygens (including phenoxy) is 1. The SMILES string of the molecule is C/C=C(\c1ccccc1)C1(O)C(=O)N(Cc2ccccc2)c2ccc(OC)cc21. The minimum Gasteiger partial charge on any atom is -0.497 e. The van der Waals surface area contributed by atoms with Gasteiger partial charge in [0, 0.05) is 11.1 Å². The molecular formula is C25H23NO3. The molecule has 0 spiro atoms. The van der Waals surface area contributed by atoms with Gasteiger partial charge in [0.2, 0.25) is 0 Å². The summed E-state index contributed by atoms with van der Waals surface area (Å²) < 4.78 is 5.38. The Bertz CT molecular complexity index is 1060. The van der Waals surface area contributed by atoms with Crippen molar-refractivity contribution in [2.75, 3.05) is 12.0 Å². The van der Waals surface area contributed by atoms with E-state index in [4.69, 9.17) is 4.74 Å². The second-order valence-corrected chi connectivity index (χ2v) is 7.04. The van der Waals surface area contributed by atoms with E-state index in [2.05, 4.69) is 0 Å². The predicted molar refractivity (Wildman–Crippen MR) is 115 cm³/mol. The zero-order chi connectivity index (χ0) is 20.4. The summed E-state index contributed by atoms with van der Waals surface area (Å²) in [5.41, 5.74) is 1.81. The van der Waals surface area contributed by atoms with Crippen molar-refractivity contribution in [2.45, 2.75) is 19.1 Å². The van der Waals surface area contributed by atoms with E-state index in [0.29, 0.717) is 29.1 Å². The summed E-state index contributed by atoms with van der Waals surface area (Å²) in [7, 11) is 1.58. The highest BCUT2D eigenvalue weighted by atomic mass is 16.5. The number of amides is 1. The number of carbonyl (C=O) groups is 1. The van der Waals surface area contributed by atoms with Gasteiger partial charge in [-0.25, -0.2) is 0 Å². The van der Waals surface area contributed by atoms with Crippen LogP contribution in [-0.2, 0) is 16.9 Å². The lowest BCUT2D eigenvalue weighted by Crippen LogP contribution is -2.41. The lowest BCUT2D eigenvalue weighted by Gasteiger charge is -2.26. The van der Waals surface area contributed by atoms with E-state index < -0.39 is 5.60 Å². The molecule has 29 heavy (non-hydrogen) atoms. The Hall–Kier alpha value is -3.37. The van der Waals surface area contributed by atoms with Crippen LogP contribution in [0.4, 0.5) is 5.69 Å². The van der Waals surface area contributed by atoms with Crippen LogP contribution >= 0.6 is 0 Å². The number of nitrogens with zero attached hydrogens (tertiary/aromatic N) is 1. The van der Waals surface area contributed by atoms with Gasteiger partial charge in [-0.3, -0.25) is 4.79 Å². The quantitative estimate of drug-likeness (QED) is 0.702. The summed E-state index contributed by atoms with van der Waals surface area (Å²) in [4.78, 5) is 15.3. The van der Waals surface area contributed by atoms with Gasteiger partial charge >= 0.3 is 0 Å². The van der Waals surface area contributed by atoms with Crippen molar-refractivity contribution in [2.24, 2.45) is 0 Å². The van der Waals surface area contributed by atoms with E-state index in [-0.39, 0.29) is 5.91 Å². The molecule has 0 saturated heterocycles. The van der Waals surface area contributed by atoms with Gasteiger partial charge in [0.05, 0.1) is 19.3 Å². The van der Waals surface area contributed by atoms with Crippen molar-refractivity contribution in [1.82, 2.24) is 0 Å². The maximum absolute atomic E-state index is 13.7. The van der Waals surface area contributed by atoms with Gasteiger partial charge in [0.15, 0.2) is 5.60 Å². The molecule has 0 bridgehead atoms. The van der Waals surface area contributed by atoms with Crippen LogP contribution in [0.3, 0.4) is 0 Å². The smallest absolute Gasteiger partial charge is 0.268 e. The Kier molecular flexibility index (Phi) is 4.95. The first-order chi connectivity index (χ1) is 14.1. The van der Waals surface area contributed by atoms with Gasteiger partial charge in [-0.1, -0.05) is 66.7 Å². The summed E-state index contributed by atoms with van der Waals surface area (Å²) in [6.45, 7) is 2.22. The first-order valence-corrected chi connectivity index (χ1v) is 9.58. The van der Waals surface area contributed by atoms with Gasteiger partial charge in [0.25, 0.3) is 5.91 Å². The molecule has 146 valence electrons. The molecule has 3 aromatic carbocycles. The summed E-state index contributed by atoms with van der Waals surface area (Å²) in [5, 5.41) is 11.9.